The quantitative estimate of drug-likeness (QED) is 0.426. The first-order valence-electron chi connectivity index (χ1n) is 10.4. The summed E-state index contributed by atoms with van der Waals surface area (Å²) in [6.07, 6.45) is 1.05. The lowest BCUT2D eigenvalue weighted by Crippen LogP contribution is -2.25. The van der Waals surface area contributed by atoms with Crippen LogP contribution < -0.4 is 0 Å². The second-order valence-electron chi connectivity index (χ2n) is 9.85. The maximum atomic E-state index is 10.5. The summed E-state index contributed by atoms with van der Waals surface area (Å²) in [6.45, 7) is 11.4. The van der Waals surface area contributed by atoms with Crippen molar-refractivity contribution in [2.75, 3.05) is 0 Å². The summed E-state index contributed by atoms with van der Waals surface area (Å²) in [4.78, 5) is 1.70. The Morgan fingerprint density at radius 3 is 1.97 bits per heavy atom. The topological polar surface area (TPSA) is 50.9 Å². The molecule has 0 saturated carbocycles. The molecular weight excluding hydrogens is 370 g/mol. The number of phenolic OH excluding ortho intramolecular Hbond substituents is 1. The summed E-state index contributed by atoms with van der Waals surface area (Å²) >= 11 is 0. The van der Waals surface area contributed by atoms with Crippen LogP contribution in [0, 0.1) is 5.41 Å². The van der Waals surface area contributed by atoms with E-state index in [1.807, 2.05) is 42.5 Å². The van der Waals surface area contributed by atoms with Crippen LogP contribution in [0.2, 0.25) is 0 Å². The van der Waals surface area contributed by atoms with Gasteiger partial charge in [0.1, 0.15) is 16.8 Å². The zero-order valence-corrected chi connectivity index (χ0v) is 18.3. The lowest BCUT2D eigenvalue weighted by atomic mass is 9.72. The van der Waals surface area contributed by atoms with E-state index in [0.29, 0.717) is 0 Å². The summed E-state index contributed by atoms with van der Waals surface area (Å²) in [5.74, 6) is 0.247. The van der Waals surface area contributed by atoms with E-state index in [1.54, 1.807) is 10.9 Å². The van der Waals surface area contributed by atoms with E-state index in [4.69, 9.17) is 10.2 Å². The van der Waals surface area contributed by atoms with Crippen molar-refractivity contribution in [1.82, 2.24) is 15.0 Å². The number of para-hydroxylation sites is 1. The van der Waals surface area contributed by atoms with Gasteiger partial charge in [-0.05, 0) is 47.1 Å². The first kappa shape index (κ1) is 20.1. The first-order valence-corrected chi connectivity index (χ1v) is 10.4. The predicted molar refractivity (Wildman–Crippen MR) is 123 cm³/mol. The van der Waals surface area contributed by atoms with Gasteiger partial charge in [-0.2, -0.15) is 0 Å². The highest BCUT2D eigenvalue weighted by atomic mass is 16.3. The van der Waals surface area contributed by atoms with Crippen LogP contribution in [-0.4, -0.2) is 20.1 Å². The van der Waals surface area contributed by atoms with Gasteiger partial charge in [-0.25, -0.2) is 0 Å². The number of aromatic hydroxyl groups is 1. The van der Waals surface area contributed by atoms with E-state index < -0.39 is 0 Å². The van der Waals surface area contributed by atoms with Gasteiger partial charge in [0.15, 0.2) is 0 Å². The third-order valence-corrected chi connectivity index (χ3v) is 5.45. The molecule has 3 aromatic carbocycles. The SMILES string of the molecule is CC(C)(C)CC(C)(C)c1ccc(-c2ccccc2O)c(-n2nc3ccccc3n2)c1. The molecule has 0 saturated heterocycles. The third kappa shape index (κ3) is 3.95. The Labute approximate surface area is 178 Å². The predicted octanol–water partition coefficient (Wildman–Crippen LogP) is 6.51. The molecule has 154 valence electrons. The van der Waals surface area contributed by atoms with Gasteiger partial charge < -0.3 is 5.11 Å². The standard InChI is InChI=1S/C26H29N3O/c1-25(2,3)17-26(4,5)18-14-15-19(20-10-6-9-13-24(20)30)23(16-18)29-27-21-11-7-8-12-22(21)28-29/h6-16,30H,17H2,1-5H3. The maximum Gasteiger partial charge on any atom is 0.123 e. The molecule has 0 fully saturated rings. The van der Waals surface area contributed by atoms with Crippen LogP contribution in [0.5, 0.6) is 5.75 Å². The Kier molecular flexibility index (Phi) is 4.89. The molecule has 0 atom stereocenters. The Morgan fingerprint density at radius 2 is 1.37 bits per heavy atom. The van der Waals surface area contributed by atoms with Crippen LogP contribution >= 0.6 is 0 Å². The number of rotatable bonds is 4. The molecule has 4 rings (SSSR count). The number of fused-ring (bicyclic) bond motifs is 1. The molecule has 4 aromatic rings. The van der Waals surface area contributed by atoms with Gasteiger partial charge in [0.05, 0.1) is 5.69 Å². The fraction of sp³-hybridized carbons (Fsp3) is 0.308. The Bertz CT molecular complexity index is 1170. The van der Waals surface area contributed by atoms with Gasteiger partial charge >= 0.3 is 0 Å². The molecule has 1 heterocycles. The van der Waals surface area contributed by atoms with Crippen molar-refractivity contribution in [3.63, 3.8) is 0 Å². The summed E-state index contributed by atoms with van der Waals surface area (Å²) in [5.41, 5.74) is 5.66. The molecule has 0 aliphatic carbocycles. The fourth-order valence-corrected chi connectivity index (χ4v) is 4.44. The van der Waals surface area contributed by atoms with Crippen molar-refractivity contribution in [2.45, 2.75) is 46.5 Å². The molecule has 4 nitrogen and oxygen atoms in total. The van der Waals surface area contributed by atoms with Gasteiger partial charge in [0.25, 0.3) is 0 Å². The first-order chi connectivity index (χ1) is 14.1. The molecule has 1 N–H and O–H groups in total. The molecule has 0 aliphatic heterocycles. The Hall–Kier alpha value is -3.14. The minimum absolute atomic E-state index is 0.0170. The number of hydrogen-bond acceptors (Lipinski definition) is 3. The van der Waals surface area contributed by atoms with Crippen molar-refractivity contribution >= 4 is 11.0 Å². The van der Waals surface area contributed by atoms with Crippen molar-refractivity contribution in [3.8, 4) is 22.6 Å². The lowest BCUT2D eigenvalue weighted by Gasteiger charge is -2.33. The highest BCUT2D eigenvalue weighted by molar-refractivity contribution is 5.79. The maximum absolute atomic E-state index is 10.5. The second kappa shape index (κ2) is 7.28. The average Bonchev–Trinajstić information content (AvgIpc) is 3.10. The van der Waals surface area contributed by atoms with Crippen LogP contribution in [0.1, 0.15) is 46.6 Å². The van der Waals surface area contributed by atoms with Gasteiger partial charge in [-0.1, -0.05) is 77.1 Å². The smallest absolute Gasteiger partial charge is 0.123 e. The fourth-order valence-electron chi connectivity index (χ4n) is 4.44. The Balaban J connectivity index is 1.92. The van der Waals surface area contributed by atoms with E-state index in [-0.39, 0.29) is 16.6 Å². The molecule has 0 radical (unpaired) electrons. The molecular formula is C26H29N3O. The van der Waals surface area contributed by atoms with Crippen LogP contribution in [0.15, 0.2) is 66.7 Å². The van der Waals surface area contributed by atoms with E-state index in [9.17, 15) is 5.11 Å². The molecule has 0 bridgehead atoms. The molecule has 0 spiro atoms. The number of nitrogens with zero attached hydrogens (tertiary/aromatic N) is 3. The number of benzene rings is 3. The van der Waals surface area contributed by atoms with E-state index in [0.717, 1.165) is 34.3 Å². The van der Waals surface area contributed by atoms with Crippen LogP contribution in [-0.2, 0) is 5.41 Å². The van der Waals surface area contributed by atoms with Gasteiger partial charge in [-0.15, -0.1) is 15.0 Å². The second-order valence-corrected chi connectivity index (χ2v) is 9.85. The Morgan fingerprint density at radius 1 is 0.767 bits per heavy atom. The molecule has 0 amide bonds. The monoisotopic (exact) mass is 399 g/mol. The largest absolute Gasteiger partial charge is 0.507 e. The number of hydrogen-bond donors (Lipinski definition) is 1. The molecule has 4 heteroatoms. The summed E-state index contributed by atoms with van der Waals surface area (Å²) in [7, 11) is 0. The molecule has 0 aliphatic rings. The molecule has 30 heavy (non-hydrogen) atoms. The zero-order valence-electron chi connectivity index (χ0n) is 18.3. The summed E-state index contributed by atoms with van der Waals surface area (Å²) in [6, 6.07) is 21.7. The molecule has 1 aromatic heterocycles. The van der Waals surface area contributed by atoms with Crippen LogP contribution in [0.3, 0.4) is 0 Å². The zero-order chi connectivity index (χ0) is 21.5. The summed E-state index contributed by atoms with van der Waals surface area (Å²) in [5, 5.41) is 19.9. The van der Waals surface area contributed by atoms with Crippen molar-refractivity contribution in [3.05, 3.63) is 72.3 Å². The summed E-state index contributed by atoms with van der Waals surface area (Å²) < 4.78 is 0. The third-order valence-electron chi connectivity index (χ3n) is 5.45. The number of phenols is 1. The minimum Gasteiger partial charge on any atom is -0.507 e. The highest BCUT2D eigenvalue weighted by Crippen LogP contribution is 2.40. The lowest BCUT2D eigenvalue weighted by molar-refractivity contribution is 0.284. The normalized spacial score (nSPS) is 12.4. The molecule has 0 unspecified atom stereocenters. The van der Waals surface area contributed by atoms with Crippen molar-refractivity contribution in [2.24, 2.45) is 5.41 Å². The van der Waals surface area contributed by atoms with Gasteiger partial charge in [0.2, 0.25) is 0 Å². The van der Waals surface area contributed by atoms with Crippen molar-refractivity contribution < 1.29 is 5.11 Å². The van der Waals surface area contributed by atoms with E-state index in [2.05, 4.69) is 52.8 Å². The average molecular weight is 400 g/mol. The van der Waals surface area contributed by atoms with E-state index >= 15 is 0 Å². The van der Waals surface area contributed by atoms with E-state index in [1.165, 1.54) is 5.56 Å². The van der Waals surface area contributed by atoms with Crippen molar-refractivity contribution in [1.29, 1.82) is 0 Å². The van der Waals surface area contributed by atoms with Crippen LogP contribution in [0.25, 0.3) is 27.8 Å². The minimum atomic E-state index is -0.0170. The highest BCUT2D eigenvalue weighted by Gasteiger charge is 2.28. The van der Waals surface area contributed by atoms with Gasteiger partial charge in [0, 0.05) is 11.1 Å². The van der Waals surface area contributed by atoms with Crippen LogP contribution in [0.4, 0.5) is 0 Å². The number of aromatic nitrogens is 3. The van der Waals surface area contributed by atoms with Gasteiger partial charge in [-0.3, -0.25) is 0 Å².